The molecule has 170 valence electrons. The van der Waals surface area contributed by atoms with Gasteiger partial charge in [0.1, 0.15) is 0 Å². The quantitative estimate of drug-likeness (QED) is 0.261. The molecule has 0 N–H and O–H groups in total. The molecule has 1 unspecified atom stereocenters. The highest BCUT2D eigenvalue weighted by atomic mass is 32.2. The van der Waals surface area contributed by atoms with Crippen molar-refractivity contribution in [2.24, 2.45) is 23.2 Å². The number of hydrogen-bond acceptors (Lipinski definition) is 2. The molecule has 4 bridgehead atoms. The van der Waals surface area contributed by atoms with Crippen molar-refractivity contribution in [3.8, 4) is 0 Å². The number of hydrogen-bond donors (Lipinski definition) is 0. The maximum Gasteiger partial charge on any atom is 0.0946 e. The summed E-state index contributed by atoms with van der Waals surface area (Å²) >= 11 is 2.34. The van der Waals surface area contributed by atoms with Crippen molar-refractivity contribution in [3.05, 3.63) is 18.7 Å². The van der Waals surface area contributed by atoms with Crippen LogP contribution in [-0.4, -0.2) is 20.6 Å². The molecule has 5 rings (SSSR count). The van der Waals surface area contributed by atoms with Gasteiger partial charge < -0.3 is 4.57 Å². The molecule has 4 aliphatic carbocycles. The maximum atomic E-state index is 4.34. The summed E-state index contributed by atoms with van der Waals surface area (Å²) in [6.07, 6.45) is 29.9. The minimum absolute atomic E-state index is 0.641. The van der Waals surface area contributed by atoms with Crippen LogP contribution in [0.3, 0.4) is 0 Å². The third-order valence-electron chi connectivity index (χ3n) is 8.52. The predicted molar refractivity (Wildman–Crippen MR) is 131 cm³/mol. The van der Waals surface area contributed by atoms with Crippen LogP contribution in [0.4, 0.5) is 0 Å². The van der Waals surface area contributed by atoms with Gasteiger partial charge in [-0.3, -0.25) is 0 Å². The summed E-state index contributed by atoms with van der Waals surface area (Å²) in [5, 5.41) is 0.804. The van der Waals surface area contributed by atoms with Crippen LogP contribution in [0.5, 0.6) is 0 Å². The van der Waals surface area contributed by atoms with Crippen molar-refractivity contribution < 1.29 is 0 Å². The van der Waals surface area contributed by atoms with Crippen molar-refractivity contribution in [1.29, 1.82) is 0 Å². The van der Waals surface area contributed by atoms with E-state index in [1.807, 2.05) is 6.20 Å². The molecule has 4 fully saturated rings. The van der Waals surface area contributed by atoms with Crippen molar-refractivity contribution in [2.75, 3.05) is 5.75 Å². The Morgan fingerprint density at radius 1 is 0.867 bits per heavy atom. The molecular formula is C27H46N2S. The summed E-state index contributed by atoms with van der Waals surface area (Å²) in [5.41, 5.74) is 0.641. The number of imidazole rings is 1. The van der Waals surface area contributed by atoms with E-state index in [1.54, 1.807) is 19.3 Å². The smallest absolute Gasteiger partial charge is 0.0946 e. The molecule has 1 atom stereocenters. The third-order valence-corrected chi connectivity index (χ3v) is 10.1. The topological polar surface area (TPSA) is 17.8 Å². The second kappa shape index (κ2) is 11.4. The first-order chi connectivity index (χ1) is 14.8. The van der Waals surface area contributed by atoms with Gasteiger partial charge in [0.2, 0.25) is 0 Å². The lowest BCUT2D eigenvalue weighted by Gasteiger charge is -2.59. The van der Waals surface area contributed by atoms with E-state index >= 15 is 0 Å². The van der Waals surface area contributed by atoms with Crippen molar-refractivity contribution in [2.45, 2.75) is 121 Å². The fourth-order valence-corrected chi connectivity index (χ4v) is 8.97. The Balaban J connectivity index is 1.19. The van der Waals surface area contributed by atoms with Gasteiger partial charge in [-0.05, 0) is 73.9 Å². The van der Waals surface area contributed by atoms with Crippen LogP contribution in [0.1, 0.15) is 110 Å². The Morgan fingerprint density at radius 3 is 1.97 bits per heavy atom. The van der Waals surface area contributed by atoms with Gasteiger partial charge in [0.15, 0.2) is 0 Å². The van der Waals surface area contributed by atoms with Crippen molar-refractivity contribution >= 4 is 11.8 Å². The van der Waals surface area contributed by atoms with Crippen molar-refractivity contribution in [1.82, 2.24) is 9.55 Å². The lowest BCUT2D eigenvalue weighted by Crippen LogP contribution is -2.51. The Bertz CT molecular complexity index is 561. The van der Waals surface area contributed by atoms with Gasteiger partial charge >= 0.3 is 0 Å². The fourth-order valence-electron chi connectivity index (χ4n) is 7.40. The number of unbranched alkanes of at least 4 members (excludes halogenated alkanes) is 9. The molecule has 0 aromatic carbocycles. The van der Waals surface area contributed by atoms with Crippen LogP contribution in [-0.2, 0) is 6.54 Å². The average Bonchev–Trinajstić information content (AvgIpc) is 3.23. The van der Waals surface area contributed by atoms with E-state index in [4.69, 9.17) is 0 Å². The van der Waals surface area contributed by atoms with Crippen LogP contribution in [0, 0.1) is 23.2 Å². The lowest BCUT2D eigenvalue weighted by atomic mass is 9.48. The zero-order chi connectivity index (χ0) is 20.7. The van der Waals surface area contributed by atoms with Crippen LogP contribution < -0.4 is 0 Å². The van der Waals surface area contributed by atoms with Crippen LogP contribution >= 0.6 is 11.8 Å². The summed E-state index contributed by atoms with van der Waals surface area (Å²) in [6.45, 7) is 3.50. The van der Waals surface area contributed by atoms with Gasteiger partial charge in [-0.2, -0.15) is 11.8 Å². The van der Waals surface area contributed by atoms with Gasteiger partial charge in [0.05, 0.1) is 6.33 Å². The van der Waals surface area contributed by atoms with E-state index in [1.165, 1.54) is 95.8 Å². The summed E-state index contributed by atoms with van der Waals surface area (Å²) in [5.74, 6) is 4.54. The zero-order valence-corrected chi connectivity index (χ0v) is 20.4. The first kappa shape index (κ1) is 22.7. The molecule has 30 heavy (non-hydrogen) atoms. The highest BCUT2D eigenvalue weighted by Crippen LogP contribution is 2.63. The number of aromatic nitrogens is 2. The van der Waals surface area contributed by atoms with Gasteiger partial charge in [-0.1, -0.05) is 64.7 Å². The van der Waals surface area contributed by atoms with E-state index in [0.29, 0.717) is 5.41 Å². The Labute approximate surface area is 190 Å². The maximum absolute atomic E-state index is 4.34. The monoisotopic (exact) mass is 430 g/mol. The Hall–Kier alpha value is -0.440. The largest absolute Gasteiger partial charge is 0.336 e. The molecule has 0 aliphatic heterocycles. The molecule has 2 nitrogen and oxygen atoms in total. The number of nitrogens with zero attached hydrogens (tertiary/aromatic N) is 2. The molecule has 0 spiro atoms. The van der Waals surface area contributed by atoms with Crippen molar-refractivity contribution in [3.63, 3.8) is 0 Å². The second-order valence-electron chi connectivity index (χ2n) is 11.1. The summed E-state index contributed by atoms with van der Waals surface area (Å²) in [6, 6.07) is 0. The first-order valence-corrected chi connectivity index (χ1v) is 14.4. The second-order valence-corrected chi connectivity index (χ2v) is 12.4. The molecule has 1 heterocycles. The minimum Gasteiger partial charge on any atom is -0.336 e. The van der Waals surface area contributed by atoms with Crippen LogP contribution in [0.15, 0.2) is 18.7 Å². The van der Waals surface area contributed by atoms with Crippen LogP contribution in [0.2, 0.25) is 0 Å². The van der Waals surface area contributed by atoms with Gasteiger partial charge in [-0.25, -0.2) is 4.98 Å². The Kier molecular flexibility index (Phi) is 8.67. The standard InChI is InChI=1S/C27H46N2S/c1-2-3-4-5-6-7-8-9-10-11-14-30-26(21-29-13-12-28-22-29)27-18-23-15-24(19-27)17-25(16-23)20-27/h12-13,22-26H,2-11,14-21H2,1H3. The molecule has 0 saturated heterocycles. The normalized spacial score (nSPS) is 30.8. The highest BCUT2D eigenvalue weighted by Gasteiger charge is 2.54. The fraction of sp³-hybridized carbons (Fsp3) is 0.889. The number of thioether (sulfide) groups is 1. The predicted octanol–water partition coefficient (Wildman–Crippen LogP) is 8.12. The zero-order valence-electron chi connectivity index (χ0n) is 19.6. The SMILES string of the molecule is CCCCCCCCCCCCSC(Cn1ccnc1)C12CC3CC(CC(C3)C1)C2. The molecule has 4 aliphatic rings. The molecule has 0 radical (unpaired) electrons. The molecule has 0 amide bonds. The van der Waals surface area contributed by atoms with E-state index in [-0.39, 0.29) is 0 Å². The van der Waals surface area contributed by atoms with Crippen LogP contribution in [0.25, 0.3) is 0 Å². The summed E-state index contributed by atoms with van der Waals surface area (Å²) in [7, 11) is 0. The van der Waals surface area contributed by atoms with E-state index in [0.717, 1.165) is 23.0 Å². The van der Waals surface area contributed by atoms with Gasteiger partial charge in [0.25, 0.3) is 0 Å². The summed E-state index contributed by atoms with van der Waals surface area (Å²) in [4.78, 5) is 4.34. The third kappa shape index (κ3) is 6.08. The molecular weight excluding hydrogens is 384 g/mol. The molecule has 1 aromatic rings. The van der Waals surface area contributed by atoms with E-state index in [9.17, 15) is 0 Å². The minimum atomic E-state index is 0.641. The lowest BCUT2D eigenvalue weighted by molar-refractivity contribution is -0.0553. The van der Waals surface area contributed by atoms with E-state index < -0.39 is 0 Å². The molecule has 3 heteroatoms. The molecule has 4 saturated carbocycles. The van der Waals surface area contributed by atoms with Gasteiger partial charge in [-0.15, -0.1) is 0 Å². The number of rotatable bonds is 15. The Morgan fingerprint density at radius 2 is 1.43 bits per heavy atom. The molecule has 1 aromatic heterocycles. The van der Waals surface area contributed by atoms with Gasteiger partial charge in [0, 0.05) is 24.2 Å². The first-order valence-electron chi connectivity index (χ1n) is 13.3. The highest BCUT2D eigenvalue weighted by molar-refractivity contribution is 7.99. The average molecular weight is 431 g/mol. The summed E-state index contributed by atoms with van der Waals surface area (Å²) < 4.78 is 2.37. The van der Waals surface area contributed by atoms with E-state index in [2.05, 4.69) is 40.8 Å².